The van der Waals surface area contributed by atoms with Crippen molar-refractivity contribution in [1.29, 1.82) is 0 Å². The molecular formula is C21H27BF3N3O. The number of pyridine rings is 1. The molecule has 0 unspecified atom stereocenters. The number of hydrogen-bond acceptors (Lipinski definition) is 4. The number of benzene rings is 1. The average Bonchev–Trinajstić information content (AvgIpc) is 2.58. The Balaban J connectivity index is 1.69. The van der Waals surface area contributed by atoms with Crippen LogP contribution in [0.5, 0.6) is 5.75 Å². The molecular weight excluding hydrogens is 378 g/mol. The second-order valence-electron chi connectivity index (χ2n) is 8.00. The van der Waals surface area contributed by atoms with Crippen molar-refractivity contribution >= 4 is 24.8 Å². The minimum atomic E-state index is -4.70. The van der Waals surface area contributed by atoms with Crippen molar-refractivity contribution in [3.8, 4) is 5.75 Å². The number of alkyl halides is 3. The largest absolute Gasteiger partial charge is 0.573 e. The van der Waals surface area contributed by atoms with Gasteiger partial charge in [0.25, 0.3) is 0 Å². The molecule has 1 aromatic carbocycles. The van der Waals surface area contributed by atoms with E-state index in [9.17, 15) is 13.2 Å². The third-order valence-electron chi connectivity index (χ3n) is 5.31. The quantitative estimate of drug-likeness (QED) is 0.652. The lowest BCUT2D eigenvalue weighted by Crippen LogP contribution is -2.27. The first-order valence-electron chi connectivity index (χ1n) is 10.0. The summed E-state index contributed by atoms with van der Waals surface area (Å²) in [6.45, 7) is 6.12. The van der Waals surface area contributed by atoms with E-state index < -0.39 is 6.36 Å². The second kappa shape index (κ2) is 9.07. The molecule has 1 saturated carbocycles. The molecule has 0 spiro atoms. The zero-order valence-electron chi connectivity index (χ0n) is 17.1. The summed E-state index contributed by atoms with van der Waals surface area (Å²) < 4.78 is 41.1. The van der Waals surface area contributed by atoms with E-state index >= 15 is 0 Å². The maximum absolute atomic E-state index is 12.4. The fraction of sp³-hybridized carbons (Fsp3) is 0.476. The highest BCUT2D eigenvalue weighted by molar-refractivity contribution is 6.36. The van der Waals surface area contributed by atoms with Crippen molar-refractivity contribution < 1.29 is 17.9 Å². The zero-order valence-corrected chi connectivity index (χ0v) is 17.1. The van der Waals surface area contributed by atoms with E-state index in [-0.39, 0.29) is 5.75 Å². The summed E-state index contributed by atoms with van der Waals surface area (Å²) in [5, 5.41) is 6.74. The molecule has 0 amide bonds. The summed E-state index contributed by atoms with van der Waals surface area (Å²) >= 11 is 0. The maximum atomic E-state index is 12.4. The van der Waals surface area contributed by atoms with E-state index in [1.807, 2.05) is 12.3 Å². The van der Waals surface area contributed by atoms with Crippen molar-refractivity contribution in [3.63, 3.8) is 0 Å². The van der Waals surface area contributed by atoms with Gasteiger partial charge in [-0.2, -0.15) is 0 Å². The summed E-state index contributed by atoms with van der Waals surface area (Å²) in [5.41, 5.74) is 3.72. The van der Waals surface area contributed by atoms with Crippen LogP contribution in [0, 0.1) is 5.92 Å². The molecule has 0 saturated heterocycles. The smallest absolute Gasteiger partial charge is 0.406 e. The lowest BCUT2D eigenvalue weighted by molar-refractivity contribution is -0.274. The first-order chi connectivity index (χ1) is 13.7. The number of rotatable bonds is 8. The van der Waals surface area contributed by atoms with Crippen LogP contribution in [0.25, 0.3) is 0 Å². The van der Waals surface area contributed by atoms with E-state index in [4.69, 9.17) is 0 Å². The highest BCUT2D eigenvalue weighted by Crippen LogP contribution is 2.27. The van der Waals surface area contributed by atoms with Crippen LogP contribution in [0.15, 0.2) is 30.5 Å². The van der Waals surface area contributed by atoms with Crippen LogP contribution in [0.2, 0.25) is 0 Å². The van der Waals surface area contributed by atoms with Gasteiger partial charge in [-0.15, -0.1) is 13.2 Å². The van der Waals surface area contributed by atoms with Gasteiger partial charge in [-0.05, 0) is 66.6 Å². The van der Waals surface area contributed by atoms with E-state index in [0.29, 0.717) is 22.9 Å². The molecule has 1 aliphatic rings. The molecule has 29 heavy (non-hydrogen) atoms. The molecule has 2 aromatic rings. The van der Waals surface area contributed by atoms with Crippen LogP contribution < -0.4 is 20.8 Å². The third kappa shape index (κ3) is 6.13. The fourth-order valence-electron chi connectivity index (χ4n) is 3.47. The van der Waals surface area contributed by atoms with Crippen molar-refractivity contribution in [3.05, 3.63) is 41.6 Å². The highest BCUT2D eigenvalue weighted by atomic mass is 19.4. The number of aromatic nitrogens is 1. The van der Waals surface area contributed by atoms with Gasteiger partial charge in [0.2, 0.25) is 0 Å². The third-order valence-corrected chi connectivity index (χ3v) is 5.31. The molecule has 8 heteroatoms. The molecule has 1 heterocycles. The summed E-state index contributed by atoms with van der Waals surface area (Å²) in [5.74, 6) is 1.58. The van der Waals surface area contributed by atoms with Crippen LogP contribution in [0.1, 0.15) is 50.2 Å². The van der Waals surface area contributed by atoms with Gasteiger partial charge in [0.05, 0.1) is 0 Å². The number of nitrogens with zero attached hydrogens (tertiary/aromatic N) is 1. The number of ether oxygens (including phenoxy) is 1. The monoisotopic (exact) mass is 405 g/mol. The maximum Gasteiger partial charge on any atom is 0.573 e. The molecule has 1 fully saturated rings. The minimum Gasteiger partial charge on any atom is -0.406 e. The molecule has 0 atom stereocenters. The number of halogens is 3. The van der Waals surface area contributed by atoms with Crippen LogP contribution in [-0.2, 0) is 6.54 Å². The first-order valence-corrected chi connectivity index (χ1v) is 10.0. The molecule has 156 valence electrons. The van der Waals surface area contributed by atoms with Gasteiger partial charge in [0, 0.05) is 18.4 Å². The van der Waals surface area contributed by atoms with E-state index in [2.05, 4.69) is 34.2 Å². The Morgan fingerprint density at radius 1 is 1.24 bits per heavy atom. The molecule has 2 N–H and O–H groups in total. The van der Waals surface area contributed by atoms with Crippen molar-refractivity contribution in [2.75, 3.05) is 11.9 Å². The molecule has 0 aliphatic heterocycles. The SMILES string of the molecule is Bc1cc(OC(F)(F)F)ccc1Nc1cc(C(C)C)c(CNCC2CCC2)cn1. The van der Waals surface area contributed by atoms with Crippen molar-refractivity contribution in [2.45, 2.75) is 51.9 Å². The highest BCUT2D eigenvalue weighted by Gasteiger charge is 2.31. The van der Waals surface area contributed by atoms with Gasteiger partial charge in [0.15, 0.2) is 0 Å². The van der Waals surface area contributed by atoms with E-state index in [0.717, 1.165) is 19.0 Å². The summed E-state index contributed by atoms with van der Waals surface area (Å²) in [6, 6.07) is 6.24. The van der Waals surface area contributed by atoms with Gasteiger partial charge in [-0.25, -0.2) is 4.98 Å². The Morgan fingerprint density at radius 2 is 2.00 bits per heavy atom. The van der Waals surface area contributed by atoms with Gasteiger partial charge in [0.1, 0.15) is 19.4 Å². The lowest BCUT2D eigenvalue weighted by Gasteiger charge is -2.26. The van der Waals surface area contributed by atoms with Crippen molar-refractivity contribution in [1.82, 2.24) is 10.3 Å². The minimum absolute atomic E-state index is 0.232. The van der Waals surface area contributed by atoms with Gasteiger partial charge in [-0.3, -0.25) is 0 Å². The summed E-state index contributed by atoms with van der Waals surface area (Å²) in [7, 11) is 1.73. The van der Waals surface area contributed by atoms with Crippen LogP contribution in [0.3, 0.4) is 0 Å². The number of nitrogens with one attached hydrogen (secondary N) is 2. The van der Waals surface area contributed by atoms with Gasteiger partial charge < -0.3 is 15.4 Å². The summed E-state index contributed by atoms with van der Waals surface area (Å²) in [6.07, 6.45) is 1.16. The normalized spacial score (nSPS) is 14.7. The molecule has 1 aliphatic carbocycles. The van der Waals surface area contributed by atoms with Crippen LogP contribution >= 0.6 is 0 Å². The van der Waals surface area contributed by atoms with E-state index in [1.165, 1.54) is 42.5 Å². The lowest BCUT2D eigenvalue weighted by atomic mass is 9.85. The second-order valence-corrected chi connectivity index (χ2v) is 8.00. The predicted molar refractivity (Wildman–Crippen MR) is 112 cm³/mol. The van der Waals surface area contributed by atoms with Crippen LogP contribution in [0.4, 0.5) is 24.7 Å². The van der Waals surface area contributed by atoms with Gasteiger partial charge in [-0.1, -0.05) is 25.7 Å². The molecule has 1 aromatic heterocycles. The van der Waals surface area contributed by atoms with Gasteiger partial charge >= 0.3 is 6.36 Å². The predicted octanol–water partition coefficient (Wildman–Crippen LogP) is 4.00. The topological polar surface area (TPSA) is 46.2 Å². The summed E-state index contributed by atoms with van der Waals surface area (Å²) in [4.78, 5) is 4.51. The van der Waals surface area contributed by atoms with Crippen LogP contribution in [-0.4, -0.2) is 25.7 Å². The Hall–Kier alpha value is -2.22. The fourth-order valence-corrected chi connectivity index (χ4v) is 3.47. The zero-order chi connectivity index (χ0) is 21.0. The van der Waals surface area contributed by atoms with E-state index in [1.54, 1.807) is 13.9 Å². The molecule has 3 rings (SSSR count). The standard InChI is InChI=1S/C21H27BF3N3O/c1-13(2)17-9-20(27-12-15(17)11-26-10-14-4-3-5-14)28-19-7-6-16(8-18(19)22)29-21(23,24)25/h6-9,12-14,26H,3-5,10-11,22H2,1-2H3,(H,27,28). The molecule has 4 nitrogen and oxygen atoms in total. The average molecular weight is 405 g/mol. The first kappa shape index (κ1) is 21.5. The number of anilines is 2. The Morgan fingerprint density at radius 3 is 2.59 bits per heavy atom. The number of hydrogen-bond donors (Lipinski definition) is 2. The van der Waals surface area contributed by atoms with Crippen molar-refractivity contribution in [2.24, 2.45) is 5.92 Å². The Bertz CT molecular complexity index is 838. The molecule has 0 bridgehead atoms. The molecule has 0 radical (unpaired) electrons. The Labute approximate surface area is 170 Å². The Kier molecular flexibility index (Phi) is 6.72.